The third-order valence-electron chi connectivity index (χ3n) is 4.09. The molecule has 0 aliphatic heterocycles. The summed E-state index contributed by atoms with van der Waals surface area (Å²) in [4.78, 5) is 11.7. The van der Waals surface area contributed by atoms with E-state index in [4.69, 9.17) is 17.2 Å². The van der Waals surface area contributed by atoms with Gasteiger partial charge in [-0.05, 0) is 52.0 Å². The zero-order chi connectivity index (χ0) is 17.3. The van der Waals surface area contributed by atoms with Crippen LogP contribution in [0.5, 0.6) is 0 Å². The van der Waals surface area contributed by atoms with Gasteiger partial charge in [-0.2, -0.15) is 0 Å². The van der Waals surface area contributed by atoms with Gasteiger partial charge in [0.25, 0.3) is 0 Å². The minimum absolute atomic E-state index is 0.508. The fourth-order valence-electron chi connectivity index (χ4n) is 2.98. The number of H-pyrrole nitrogens is 1. The van der Waals surface area contributed by atoms with Gasteiger partial charge in [0, 0.05) is 29.8 Å². The van der Waals surface area contributed by atoms with Crippen molar-refractivity contribution < 1.29 is 0 Å². The summed E-state index contributed by atoms with van der Waals surface area (Å²) in [5.74, 6) is 0.981. The number of aromatic nitrogens is 4. The Kier molecular flexibility index (Phi) is 5.22. The molecule has 2 heterocycles. The third kappa shape index (κ3) is 3.48. The molecule has 0 amide bonds. The summed E-state index contributed by atoms with van der Waals surface area (Å²) in [7, 11) is 0. The fourth-order valence-corrected chi connectivity index (χ4v) is 4.01. The van der Waals surface area contributed by atoms with E-state index in [-0.39, 0.29) is 0 Å². The van der Waals surface area contributed by atoms with Gasteiger partial charge in [0.2, 0.25) is 4.77 Å². The molecule has 0 aliphatic carbocycles. The number of fused-ring (bicyclic) bond motifs is 3. The van der Waals surface area contributed by atoms with Crippen LogP contribution in [0, 0.1) is 4.77 Å². The van der Waals surface area contributed by atoms with Crippen molar-refractivity contribution >= 4 is 40.5 Å². The maximum Gasteiger partial charge on any atom is 0.221 e. The van der Waals surface area contributed by atoms with Crippen LogP contribution in [0.2, 0.25) is 0 Å². The average molecular weight is 362 g/mol. The number of nitrogens with one attached hydrogen (secondary N) is 1. The first-order chi connectivity index (χ1) is 11.5. The summed E-state index contributed by atoms with van der Waals surface area (Å²) >= 11 is 7.10. The van der Waals surface area contributed by atoms with Crippen LogP contribution in [0.3, 0.4) is 0 Å². The van der Waals surface area contributed by atoms with E-state index in [2.05, 4.69) is 42.7 Å². The van der Waals surface area contributed by atoms with Crippen molar-refractivity contribution in [1.82, 2.24) is 24.5 Å². The molecule has 1 N–H and O–H groups in total. The molecule has 0 radical (unpaired) electrons. The number of benzene rings is 1. The van der Waals surface area contributed by atoms with Crippen LogP contribution in [0.4, 0.5) is 0 Å². The van der Waals surface area contributed by atoms with E-state index in [9.17, 15) is 0 Å². The minimum Gasteiger partial charge on any atom is -0.298 e. The van der Waals surface area contributed by atoms with E-state index >= 15 is 0 Å². The highest BCUT2D eigenvalue weighted by atomic mass is 32.2. The van der Waals surface area contributed by atoms with Gasteiger partial charge in [0.05, 0.1) is 5.52 Å². The van der Waals surface area contributed by atoms with Gasteiger partial charge in [-0.15, -0.1) is 0 Å². The molecule has 0 bridgehead atoms. The Morgan fingerprint density at radius 2 is 1.88 bits per heavy atom. The Balaban J connectivity index is 1.83. The summed E-state index contributed by atoms with van der Waals surface area (Å²) in [6.45, 7) is 9.99. The lowest BCUT2D eigenvalue weighted by molar-refractivity contribution is 0.187. The van der Waals surface area contributed by atoms with E-state index in [1.807, 2.05) is 24.3 Å². The van der Waals surface area contributed by atoms with Crippen LogP contribution in [0.1, 0.15) is 27.7 Å². The zero-order valence-corrected chi connectivity index (χ0v) is 16.1. The van der Waals surface area contributed by atoms with Crippen molar-refractivity contribution in [3.05, 3.63) is 29.0 Å². The maximum absolute atomic E-state index is 5.38. The van der Waals surface area contributed by atoms with E-state index in [0.29, 0.717) is 16.9 Å². The number of hydrogen-bond donors (Lipinski definition) is 1. The summed E-state index contributed by atoms with van der Waals surface area (Å²) in [6, 6.07) is 9.05. The molecule has 0 fully saturated rings. The quantitative estimate of drug-likeness (QED) is 0.528. The topological polar surface area (TPSA) is 49.2 Å². The molecule has 0 atom stereocenters. The predicted octanol–water partition coefficient (Wildman–Crippen LogP) is 4.15. The van der Waals surface area contributed by atoms with Crippen molar-refractivity contribution in [2.24, 2.45) is 0 Å². The Morgan fingerprint density at radius 3 is 2.58 bits per heavy atom. The first-order valence-corrected chi connectivity index (χ1v) is 9.63. The van der Waals surface area contributed by atoms with Crippen molar-refractivity contribution in [3.8, 4) is 0 Å². The lowest BCUT2D eigenvalue weighted by Crippen LogP contribution is -2.38. The van der Waals surface area contributed by atoms with Gasteiger partial charge in [0.15, 0.2) is 10.8 Å². The number of para-hydroxylation sites is 1. The van der Waals surface area contributed by atoms with Crippen molar-refractivity contribution in [2.45, 2.75) is 44.9 Å². The molecule has 24 heavy (non-hydrogen) atoms. The monoisotopic (exact) mass is 361 g/mol. The minimum atomic E-state index is 0.508. The molecular weight excluding hydrogens is 338 g/mol. The normalized spacial score (nSPS) is 12.3. The molecule has 5 nitrogen and oxygen atoms in total. The second-order valence-corrected chi connectivity index (χ2v) is 7.82. The molecule has 1 aromatic carbocycles. The van der Waals surface area contributed by atoms with Gasteiger partial charge in [-0.3, -0.25) is 10.00 Å². The second kappa shape index (κ2) is 7.21. The van der Waals surface area contributed by atoms with Crippen LogP contribution in [0.15, 0.2) is 29.4 Å². The number of aromatic amines is 1. The zero-order valence-electron chi connectivity index (χ0n) is 14.5. The lowest BCUT2D eigenvalue weighted by atomic mass is 10.2. The van der Waals surface area contributed by atoms with Gasteiger partial charge in [-0.1, -0.05) is 23.9 Å². The molecule has 0 aliphatic rings. The molecule has 0 spiro atoms. The van der Waals surface area contributed by atoms with Crippen molar-refractivity contribution in [1.29, 1.82) is 0 Å². The summed E-state index contributed by atoms with van der Waals surface area (Å²) in [5, 5.41) is 5.17. The van der Waals surface area contributed by atoms with Crippen LogP contribution < -0.4 is 0 Å². The SMILES string of the molecule is CC(C)N(CCSc1nc2c3ccccc3nc(=S)n2[nH]1)C(C)C. The molecule has 3 rings (SSSR count). The largest absolute Gasteiger partial charge is 0.298 e. The number of thioether (sulfide) groups is 1. The molecule has 0 saturated carbocycles. The molecular formula is C17H23N5S2. The number of nitrogens with zero attached hydrogens (tertiary/aromatic N) is 4. The first kappa shape index (κ1) is 17.4. The smallest absolute Gasteiger partial charge is 0.221 e. The average Bonchev–Trinajstić information content (AvgIpc) is 2.96. The second-order valence-electron chi connectivity index (χ2n) is 6.37. The Bertz CT molecular complexity index is 889. The van der Waals surface area contributed by atoms with E-state index in [1.54, 1.807) is 16.3 Å². The third-order valence-corrected chi connectivity index (χ3v) is 5.21. The van der Waals surface area contributed by atoms with Crippen LogP contribution >= 0.6 is 24.0 Å². The van der Waals surface area contributed by atoms with Gasteiger partial charge < -0.3 is 0 Å². The lowest BCUT2D eigenvalue weighted by Gasteiger charge is -2.30. The molecule has 0 unspecified atom stereocenters. The molecule has 3 aromatic rings. The maximum atomic E-state index is 5.38. The summed E-state index contributed by atoms with van der Waals surface area (Å²) < 4.78 is 2.30. The van der Waals surface area contributed by atoms with Crippen molar-refractivity contribution in [3.63, 3.8) is 0 Å². The highest BCUT2D eigenvalue weighted by Crippen LogP contribution is 2.21. The summed E-state index contributed by atoms with van der Waals surface area (Å²) in [5.41, 5.74) is 1.73. The Labute approximate surface area is 151 Å². The van der Waals surface area contributed by atoms with Gasteiger partial charge >= 0.3 is 0 Å². The number of rotatable bonds is 6. The van der Waals surface area contributed by atoms with E-state index in [0.717, 1.165) is 34.0 Å². The standard InChI is InChI=1S/C17H23N5S2/c1-11(2)21(12(3)4)9-10-24-16-19-15-13-7-5-6-8-14(13)18-17(23)22(15)20-16/h5-8,11-12H,9-10H2,1-4H3,(H,19,20). The van der Waals surface area contributed by atoms with E-state index < -0.39 is 0 Å². The molecule has 0 saturated heterocycles. The fraction of sp³-hybridized carbons (Fsp3) is 0.471. The highest BCUT2D eigenvalue weighted by Gasteiger charge is 2.14. The van der Waals surface area contributed by atoms with Crippen LogP contribution in [-0.4, -0.2) is 48.9 Å². The number of hydrogen-bond acceptors (Lipinski definition) is 5. The Morgan fingerprint density at radius 1 is 1.17 bits per heavy atom. The Hall–Kier alpha value is -1.44. The van der Waals surface area contributed by atoms with Gasteiger partial charge in [-0.25, -0.2) is 14.5 Å². The highest BCUT2D eigenvalue weighted by molar-refractivity contribution is 7.99. The molecule has 128 valence electrons. The van der Waals surface area contributed by atoms with Crippen molar-refractivity contribution in [2.75, 3.05) is 12.3 Å². The van der Waals surface area contributed by atoms with Crippen LogP contribution in [-0.2, 0) is 0 Å². The molecule has 2 aromatic heterocycles. The van der Waals surface area contributed by atoms with Crippen LogP contribution in [0.25, 0.3) is 16.6 Å². The molecule has 7 heteroatoms. The first-order valence-electron chi connectivity index (χ1n) is 8.23. The predicted molar refractivity (Wildman–Crippen MR) is 103 cm³/mol. The summed E-state index contributed by atoms with van der Waals surface area (Å²) in [6.07, 6.45) is 0. The van der Waals surface area contributed by atoms with Gasteiger partial charge in [0.1, 0.15) is 0 Å². The van der Waals surface area contributed by atoms with E-state index in [1.165, 1.54) is 0 Å².